The first-order valence-corrected chi connectivity index (χ1v) is 10.1. The summed E-state index contributed by atoms with van der Waals surface area (Å²) in [6.07, 6.45) is -0.677. The van der Waals surface area contributed by atoms with Gasteiger partial charge in [-0.05, 0) is 37.5 Å². The predicted octanol–water partition coefficient (Wildman–Crippen LogP) is 3.36. The fourth-order valence-corrected chi connectivity index (χ4v) is 4.38. The zero-order valence-electron chi connectivity index (χ0n) is 17.1. The molecule has 0 N–H and O–H groups in total. The first-order valence-electron chi connectivity index (χ1n) is 10.1. The maximum absolute atomic E-state index is 13.4. The number of benzene rings is 1. The van der Waals surface area contributed by atoms with Crippen molar-refractivity contribution in [2.45, 2.75) is 32.6 Å². The summed E-state index contributed by atoms with van der Waals surface area (Å²) in [6.45, 7) is 5.00. The second-order valence-corrected chi connectivity index (χ2v) is 7.97. The summed E-state index contributed by atoms with van der Waals surface area (Å²) in [5.74, 6) is 1.22. The van der Waals surface area contributed by atoms with Crippen molar-refractivity contribution in [1.82, 2.24) is 24.5 Å². The summed E-state index contributed by atoms with van der Waals surface area (Å²) in [5, 5.41) is 4.17. The van der Waals surface area contributed by atoms with Crippen LogP contribution in [-0.2, 0) is 0 Å². The average molecular weight is 429 g/mol. The van der Waals surface area contributed by atoms with Gasteiger partial charge < -0.3 is 14.4 Å². The minimum atomic E-state index is -2.71. The third-order valence-corrected chi connectivity index (χ3v) is 6.17. The number of amides is 1. The van der Waals surface area contributed by atoms with E-state index in [2.05, 4.69) is 22.0 Å². The minimum Gasteiger partial charge on any atom is -0.454 e. The molecule has 0 saturated carbocycles. The van der Waals surface area contributed by atoms with Crippen LogP contribution in [0.4, 0.5) is 8.78 Å². The summed E-state index contributed by atoms with van der Waals surface area (Å²) in [6, 6.07) is 4.87. The van der Waals surface area contributed by atoms with Crippen LogP contribution in [0.15, 0.2) is 24.5 Å². The van der Waals surface area contributed by atoms with Gasteiger partial charge in [-0.2, -0.15) is 10.1 Å². The van der Waals surface area contributed by atoms with Gasteiger partial charge in [0.2, 0.25) is 6.79 Å². The van der Waals surface area contributed by atoms with Gasteiger partial charge in [0, 0.05) is 30.1 Å². The molecule has 8 nitrogen and oxygen atoms in total. The van der Waals surface area contributed by atoms with Gasteiger partial charge in [0.15, 0.2) is 11.5 Å². The molecular weight excluding hydrogens is 408 g/mol. The maximum Gasteiger partial charge on any atom is 0.280 e. The first kappa shape index (κ1) is 19.7. The smallest absolute Gasteiger partial charge is 0.280 e. The number of likely N-dealkylation sites (tertiary alicyclic amines) is 1. The van der Waals surface area contributed by atoms with E-state index in [9.17, 15) is 13.6 Å². The molecule has 3 aromatic rings. The molecule has 2 aliphatic rings. The first-order chi connectivity index (χ1) is 14.9. The highest BCUT2D eigenvalue weighted by Gasteiger charge is 2.34. The Bertz CT molecular complexity index is 1170. The van der Waals surface area contributed by atoms with E-state index in [-0.39, 0.29) is 36.0 Å². The van der Waals surface area contributed by atoms with E-state index in [1.54, 1.807) is 17.0 Å². The lowest BCUT2D eigenvalue weighted by atomic mass is 9.84. The normalized spacial score (nSPS) is 20.6. The highest BCUT2D eigenvalue weighted by Crippen LogP contribution is 2.39. The molecule has 4 heterocycles. The van der Waals surface area contributed by atoms with Crippen molar-refractivity contribution in [2.75, 3.05) is 19.9 Å². The number of aromatic nitrogens is 4. The van der Waals surface area contributed by atoms with Gasteiger partial charge >= 0.3 is 0 Å². The van der Waals surface area contributed by atoms with E-state index in [1.165, 1.54) is 16.9 Å². The molecule has 2 atom stereocenters. The van der Waals surface area contributed by atoms with Crippen molar-refractivity contribution >= 4 is 11.7 Å². The molecule has 2 aromatic heterocycles. The number of hydrogen-bond donors (Lipinski definition) is 0. The van der Waals surface area contributed by atoms with Crippen LogP contribution in [0.25, 0.3) is 5.78 Å². The van der Waals surface area contributed by atoms with Gasteiger partial charge in [0.05, 0.1) is 5.69 Å². The highest BCUT2D eigenvalue weighted by atomic mass is 19.3. The average Bonchev–Trinajstić information content (AvgIpc) is 3.43. The molecule has 2 aliphatic heterocycles. The molecule has 31 heavy (non-hydrogen) atoms. The fraction of sp³-hybridized carbons (Fsp3) is 0.429. The van der Waals surface area contributed by atoms with Gasteiger partial charge in [-0.15, -0.1) is 0 Å². The van der Waals surface area contributed by atoms with Crippen LogP contribution in [0.3, 0.4) is 0 Å². The number of nitrogens with zero attached hydrogens (tertiary/aromatic N) is 5. The monoisotopic (exact) mass is 429 g/mol. The number of carbonyl (C=O) groups is 1. The van der Waals surface area contributed by atoms with Gasteiger partial charge in [-0.3, -0.25) is 4.79 Å². The Morgan fingerprint density at radius 1 is 1.29 bits per heavy atom. The van der Waals surface area contributed by atoms with Crippen LogP contribution < -0.4 is 9.47 Å². The number of halogens is 2. The lowest BCUT2D eigenvalue weighted by molar-refractivity contribution is 0.0664. The quantitative estimate of drug-likeness (QED) is 0.635. The molecule has 0 radical (unpaired) electrons. The van der Waals surface area contributed by atoms with Crippen molar-refractivity contribution in [3.63, 3.8) is 0 Å². The van der Waals surface area contributed by atoms with Gasteiger partial charge in [0.1, 0.15) is 12.0 Å². The molecule has 1 amide bonds. The SMILES string of the molecule is Cc1c(C(=O)N2CC[C@@H](C)[C@H](c3cc(C(F)F)nc4ncnn34)C2)ccc2c1OCO2. The Hall–Kier alpha value is -3.30. The molecule has 0 unspecified atom stereocenters. The van der Waals surface area contributed by atoms with Crippen LogP contribution in [0.5, 0.6) is 11.5 Å². The summed E-state index contributed by atoms with van der Waals surface area (Å²) in [7, 11) is 0. The molecule has 162 valence electrons. The van der Waals surface area contributed by atoms with Crippen molar-refractivity contribution in [3.8, 4) is 11.5 Å². The summed E-state index contributed by atoms with van der Waals surface area (Å²) < 4.78 is 39.2. The van der Waals surface area contributed by atoms with Crippen LogP contribution in [0.2, 0.25) is 0 Å². The Kier molecular flexibility index (Phi) is 4.71. The van der Waals surface area contributed by atoms with Gasteiger partial charge in [0.25, 0.3) is 18.1 Å². The van der Waals surface area contributed by atoms with E-state index >= 15 is 0 Å². The highest BCUT2D eigenvalue weighted by molar-refractivity contribution is 5.96. The largest absolute Gasteiger partial charge is 0.454 e. The molecule has 5 rings (SSSR count). The van der Waals surface area contributed by atoms with E-state index in [0.29, 0.717) is 35.8 Å². The molecule has 0 bridgehead atoms. The summed E-state index contributed by atoms with van der Waals surface area (Å²) in [4.78, 5) is 23.0. The number of carbonyl (C=O) groups excluding carboxylic acids is 1. The molecule has 1 aromatic carbocycles. The summed E-state index contributed by atoms with van der Waals surface area (Å²) in [5.41, 5.74) is 1.53. The summed E-state index contributed by atoms with van der Waals surface area (Å²) >= 11 is 0. The van der Waals surface area contributed by atoms with E-state index in [1.807, 2.05) is 6.92 Å². The zero-order chi connectivity index (χ0) is 21.7. The number of alkyl halides is 2. The molecule has 1 saturated heterocycles. The minimum absolute atomic E-state index is 0.120. The number of fused-ring (bicyclic) bond motifs is 2. The molecule has 0 spiro atoms. The van der Waals surface area contributed by atoms with Crippen molar-refractivity contribution < 1.29 is 23.0 Å². The van der Waals surface area contributed by atoms with E-state index in [4.69, 9.17) is 9.47 Å². The molecule has 1 fully saturated rings. The zero-order valence-corrected chi connectivity index (χ0v) is 17.1. The molecular formula is C21H21F2N5O3. The van der Waals surface area contributed by atoms with Crippen LogP contribution >= 0.6 is 0 Å². The van der Waals surface area contributed by atoms with E-state index in [0.717, 1.165) is 12.0 Å². The number of piperidine rings is 1. The van der Waals surface area contributed by atoms with Crippen LogP contribution in [0.1, 0.15) is 53.0 Å². The number of rotatable bonds is 3. The van der Waals surface area contributed by atoms with Gasteiger partial charge in [-0.25, -0.2) is 18.3 Å². The van der Waals surface area contributed by atoms with Gasteiger partial charge in [-0.1, -0.05) is 6.92 Å². The van der Waals surface area contributed by atoms with Crippen LogP contribution in [-0.4, -0.2) is 50.3 Å². The number of hydrogen-bond acceptors (Lipinski definition) is 6. The standard InChI is InChI=1S/C21H21F2N5O3/c1-11-5-6-27(20(29)13-3-4-17-18(12(13)2)31-10-30-17)8-14(11)16-7-15(19(22)23)26-21-24-9-25-28(16)21/h3-4,7,9,11,14,19H,5-6,8,10H2,1-2H3/t11-,14-/m1/s1. The fourth-order valence-electron chi connectivity index (χ4n) is 4.38. The third kappa shape index (κ3) is 3.26. The Morgan fingerprint density at radius 2 is 2.13 bits per heavy atom. The van der Waals surface area contributed by atoms with Crippen molar-refractivity contribution in [1.29, 1.82) is 0 Å². The Balaban J connectivity index is 1.48. The maximum atomic E-state index is 13.4. The Labute approximate surface area is 176 Å². The second-order valence-electron chi connectivity index (χ2n) is 7.97. The third-order valence-electron chi connectivity index (χ3n) is 6.17. The van der Waals surface area contributed by atoms with Crippen LogP contribution in [0, 0.1) is 12.8 Å². The lowest BCUT2D eigenvalue weighted by Crippen LogP contribution is -2.43. The Morgan fingerprint density at radius 3 is 2.94 bits per heavy atom. The number of ether oxygens (including phenoxy) is 2. The topological polar surface area (TPSA) is 81.9 Å². The molecule has 10 heteroatoms. The predicted molar refractivity (Wildman–Crippen MR) is 105 cm³/mol. The second kappa shape index (κ2) is 7.44. The van der Waals surface area contributed by atoms with E-state index < -0.39 is 6.43 Å². The van der Waals surface area contributed by atoms with Crippen molar-refractivity contribution in [3.05, 3.63) is 47.0 Å². The van der Waals surface area contributed by atoms with Crippen molar-refractivity contribution in [2.24, 2.45) is 5.92 Å². The lowest BCUT2D eigenvalue weighted by Gasteiger charge is -2.37. The molecule has 0 aliphatic carbocycles.